The molecule has 0 heterocycles. The fourth-order valence-corrected chi connectivity index (χ4v) is 2.03. The number of likely N-dealkylation sites (N-methyl/N-ethyl adjacent to an activating group) is 1. The van der Waals surface area contributed by atoms with Gasteiger partial charge in [0.1, 0.15) is 11.6 Å². The van der Waals surface area contributed by atoms with E-state index in [1.807, 2.05) is 0 Å². The standard InChI is InChI=1S/C17H17F2N3O2/c1-22(2)10-16(23)11-4-3-5-13(8-11)20-17(24)21-15-9-12(18)6-7-14(15)19/h3-9H,10H2,1-2H3,(H2,20,21,24). The first-order valence-electron chi connectivity index (χ1n) is 7.16. The molecule has 2 rings (SSSR count). The number of halogens is 2. The van der Waals surface area contributed by atoms with Crippen LogP contribution in [0.5, 0.6) is 0 Å². The van der Waals surface area contributed by atoms with E-state index in [-0.39, 0.29) is 18.0 Å². The van der Waals surface area contributed by atoms with E-state index in [0.717, 1.165) is 18.2 Å². The van der Waals surface area contributed by atoms with E-state index >= 15 is 0 Å². The highest BCUT2D eigenvalue weighted by Crippen LogP contribution is 2.16. The average molecular weight is 333 g/mol. The molecule has 2 amide bonds. The first-order valence-corrected chi connectivity index (χ1v) is 7.16. The molecule has 2 N–H and O–H groups in total. The van der Waals surface area contributed by atoms with Crippen LogP contribution < -0.4 is 10.6 Å². The number of hydrogen-bond donors (Lipinski definition) is 2. The second-order valence-electron chi connectivity index (χ2n) is 5.45. The molecule has 2 aromatic carbocycles. The normalized spacial score (nSPS) is 10.5. The van der Waals surface area contributed by atoms with Gasteiger partial charge >= 0.3 is 6.03 Å². The molecule has 0 fully saturated rings. The van der Waals surface area contributed by atoms with Crippen LogP contribution in [0.3, 0.4) is 0 Å². The minimum Gasteiger partial charge on any atom is -0.308 e. The summed E-state index contributed by atoms with van der Waals surface area (Å²) < 4.78 is 26.6. The van der Waals surface area contributed by atoms with Gasteiger partial charge in [0.15, 0.2) is 5.78 Å². The third-order valence-electron chi connectivity index (χ3n) is 3.08. The Kier molecular flexibility index (Phi) is 5.59. The van der Waals surface area contributed by atoms with Gasteiger partial charge in [-0.1, -0.05) is 12.1 Å². The smallest absolute Gasteiger partial charge is 0.308 e. The lowest BCUT2D eigenvalue weighted by molar-refractivity contribution is 0.0958. The summed E-state index contributed by atoms with van der Waals surface area (Å²) in [7, 11) is 3.56. The van der Waals surface area contributed by atoms with Gasteiger partial charge in [-0.25, -0.2) is 13.6 Å². The fourth-order valence-electron chi connectivity index (χ4n) is 2.03. The van der Waals surface area contributed by atoms with Gasteiger partial charge in [0.05, 0.1) is 12.2 Å². The Morgan fingerprint density at radius 2 is 1.79 bits per heavy atom. The molecule has 0 aliphatic rings. The van der Waals surface area contributed by atoms with Gasteiger partial charge in [-0.15, -0.1) is 0 Å². The van der Waals surface area contributed by atoms with Gasteiger partial charge in [0, 0.05) is 17.3 Å². The molecule has 7 heteroatoms. The van der Waals surface area contributed by atoms with E-state index in [1.165, 1.54) is 6.07 Å². The summed E-state index contributed by atoms with van der Waals surface area (Å²) in [5, 5.41) is 4.70. The first kappa shape index (κ1) is 17.6. The largest absolute Gasteiger partial charge is 0.323 e. The van der Waals surface area contributed by atoms with Crippen molar-refractivity contribution in [3.05, 3.63) is 59.7 Å². The summed E-state index contributed by atoms with van der Waals surface area (Å²) >= 11 is 0. The number of amides is 2. The van der Waals surface area contributed by atoms with Gasteiger partial charge in [0.2, 0.25) is 0 Å². The minimum atomic E-state index is -0.749. The van der Waals surface area contributed by atoms with Crippen LogP contribution in [-0.4, -0.2) is 37.4 Å². The SMILES string of the molecule is CN(C)CC(=O)c1cccc(NC(=O)Nc2cc(F)ccc2F)c1. The van der Waals surface area contributed by atoms with Crippen LogP contribution in [0.2, 0.25) is 0 Å². The summed E-state index contributed by atoms with van der Waals surface area (Å²) in [6.45, 7) is 0.240. The molecule has 126 valence electrons. The van der Waals surface area contributed by atoms with Crippen LogP contribution in [0.1, 0.15) is 10.4 Å². The molecular weight excluding hydrogens is 316 g/mol. The van der Waals surface area contributed by atoms with E-state index in [9.17, 15) is 18.4 Å². The molecule has 0 aliphatic heterocycles. The number of Topliss-reactive ketones (excluding diaryl/α,β-unsaturated/α-hetero) is 1. The minimum absolute atomic E-state index is 0.0970. The number of anilines is 2. The summed E-state index contributed by atoms with van der Waals surface area (Å²) in [4.78, 5) is 25.6. The van der Waals surface area contributed by atoms with Crippen molar-refractivity contribution in [2.75, 3.05) is 31.3 Å². The molecule has 0 radical (unpaired) electrons. The molecule has 0 spiro atoms. The van der Waals surface area contributed by atoms with E-state index in [1.54, 1.807) is 37.2 Å². The zero-order valence-electron chi connectivity index (χ0n) is 13.3. The zero-order chi connectivity index (χ0) is 17.7. The maximum absolute atomic E-state index is 13.5. The molecule has 2 aromatic rings. The number of ketones is 1. The number of nitrogens with one attached hydrogen (secondary N) is 2. The Labute approximate surface area is 138 Å². The number of hydrogen-bond acceptors (Lipinski definition) is 3. The molecule has 0 bridgehead atoms. The van der Waals surface area contributed by atoms with Crippen LogP contribution in [0.15, 0.2) is 42.5 Å². The van der Waals surface area contributed by atoms with Crippen LogP contribution in [0.25, 0.3) is 0 Å². The zero-order valence-corrected chi connectivity index (χ0v) is 13.3. The first-order chi connectivity index (χ1) is 11.3. The Balaban J connectivity index is 2.06. The van der Waals surface area contributed by atoms with Crippen LogP contribution >= 0.6 is 0 Å². The average Bonchev–Trinajstić information content (AvgIpc) is 2.50. The molecule has 24 heavy (non-hydrogen) atoms. The quantitative estimate of drug-likeness (QED) is 0.825. The van der Waals surface area contributed by atoms with Crippen molar-refractivity contribution < 1.29 is 18.4 Å². The second kappa shape index (κ2) is 7.65. The highest BCUT2D eigenvalue weighted by molar-refractivity contribution is 6.02. The van der Waals surface area contributed by atoms with Crippen molar-refractivity contribution in [1.82, 2.24) is 4.90 Å². The lowest BCUT2D eigenvalue weighted by Crippen LogP contribution is -2.22. The van der Waals surface area contributed by atoms with E-state index < -0.39 is 17.7 Å². The monoisotopic (exact) mass is 333 g/mol. The number of nitrogens with zero attached hydrogens (tertiary/aromatic N) is 1. The van der Waals surface area contributed by atoms with Crippen LogP contribution in [-0.2, 0) is 0 Å². The van der Waals surface area contributed by atoms with Gasteiger partial charge < -0.3 is 15.5 Å². The molecule has 0 aliphatic carbocycles. The van der Waals surface area contributed by atoms with Crippen molar-refractivity contribution in [3.63, 3.8) is 0 Å². The topological polar surface area (TPSA) is 61.4 Å². The second-order valence-corrected chi connectivity index (χ2v) is 5.45. The Morgan fingerprint density at radius 1 is 1.04 bits per heavy atom. The Hall–Kier alpha value is -2.80. The van der Waals surface area contributed by atoms with E-state index in [4.69, 9.17) is 0 Å². The predicted molar refractivity (Wildman–Crippen MR) is 88.3 cm³/mol. The summed E-state index contributed by atoms with van der Waals surface area (Å²) in [6.07, 6.45) is 0. The number of carbonyl (C=O) groups is 2. The van der Waals surface area contributed by atoms with Crippen molar-refractivity contribution in [2.24, 2.45) is 0 Å². The number of urea groups is 1. The number of rotatable bonds is 5. The van der Waals surface area contributed by atoms with E-state index in [0.29, 0.717) is 11.3 Å². The molecule has 0 unspecified atom stereocenters. The summed E-state index contributed by atoms with van der Waals surface area (Å²) in [5.74, 6) is -1.51. The molecular formula is C17H17F2N3O2. The molecule has 5 nitrogen and oxygen atoms in total. The summed E-state index contributed by atoms with van der Waals surface area (Å²) in [6, 6.07) is 8.40. The van der Waals surface area contributed by atoms with Crippen LogP contribution in [0, 0.1) is 11.6 Å². The lowest BCUT2D eigenvalue weighted by atomic mass is 10.1. The number of benzene rings is 2. The highest BCUT2D eigenvalue weighted by Gasteiger charge is 2.11. The van der Waals surface area contributed by atoms with Crippen molar-refractivity contribution >= 4 is 23.2 Å². The van der Waals surface area contributed by atoms with Gasteiger partial charge in [0.25, 0.3) is 0 Å². The molecule has 0 saturated heterocycles. The third kappa shape index (κ3) is 4.85. The Morgan fingerprint density at radius 3 is 2.50 bits per heavy atom. The highest BCUT2D eigenvalue weighted by atomic mass is 19.1. The fraction of sp³-hybridized carbons (Fsp3) is 0.176. The van der Waals surface area contributed by atoms with Crippen molar-refractivity contribution in [2.45, 2.75) is 0 Å². The third-order valence-corrected chi connectivity index (χ3v) is 3.08. The maximum Gasteiger partial charge on any atom is 0.323 e. The van der Waals surface area contributed by atoms with Gasteiger partial charge in [-0.2, -0.15) is 0 Å². The number of carbonyl (C=O) groups excluding carboxylic acids is 2. The Bertz CT molecular complexity index is 763. The van der Waals surface area contributed by atoms with Gasteiger partial charge in [-0.05, 0) is 38.4 Å². The van der Waals surface area contributed by atoms with Crippen molar-refractivity contribution in [1.29, 1.82) is 0 Å². The molecule has 0 aromatic heterocycles. The lowest BCUT2D eigenvalue weighted by Gasteiger charge is -2.11. The molecule has 0 atom stereocenters. The van der Waals surface area contributed by atoms with E-state index in [2.05, 4.69) is 10.6 Å². The maximum atomic E-state index is 13.5. The molecule has 0 saturated carbocycles. The summed E-state index contributed by atoms with van der Waals surface area (Å²) in [5.41, 5.74) is 0.541. The van der Waals surface area contributed by atoms with Gasteiger partial charge in [-0.3, -0.25) is 4.79 Å². The predicted octanol–water partition coefficient (Wildman–Crippen LogP) is 3.35. The van der Waals surface area contributed by atoms with Crippen LogP contribution in [0.4, 0.5) is 25.0 Å². The van der Waals surface area contributed by atoms with Crippen molar-refractivity contribution in [3.8, 4) is 0 Å².